The average molecular weight is 636 g/mol. The Balaban J connectivity index is 2.04. The van der Waals surface area contributed by atoms with E-state index in [2.05, 4.69) is 25.8 Å². The van der Waals surface area contributed by atoms with Crippen LogP contribution < -0.4 is 21.5 Å². The smallest absolute Gasteiger partial charge is 0.340 e. The molecule has 0 saturated heterocycles. The number of esters is 1. The molecule has 7 N–H and O–H groups in total. The average Bonchev–Trinajstić information content (AvgIpc) is 2.95. The number of hydrogen-bond acceptors (Lipinski definition) is 15. The van der Waals surface area contributed by atoms with E-state index in [4.69, 9.17) is 26.0 Å². The second kappa shape index (κ2) is 14.0. The number of aliphatic hydroxyl groups is 1. The third-order valence-electron chi connectivity index (χ3n) is 5.75. The lowest BCUT2D eigenvalue weighted by Gasteiger charge is -2.12. The molecular formula is C25H29N7O9S2. The summed E-state index contributed by atoms with van der Waals surface area (Å²) in [5.41, 5.74) is 11.5. The van der Waals surface area contributed by atoms with Gasteiger partial charge < -0.3 is 31.4 Å². The molecule has 0 aromatic heterocycles. The lowest BCUT2D eigenvalue weighted by molar-refractivity contribution is 0.0601. The van der Waals surface area contributed by atoms with Gasteiger partial charge >= 0.3 is 5.97 Å². The maximum absolute atomic E-state index is 12.1. The van der Waals surface area contributed by atoms with Crippen molar-refractivity contribution in [3.8, 4) is 5.75 Å². The molecule has 0 aliphatic heterocycles. The van der Waals surface area contributed by atoms with Gasteiger partial charge in [0.05, 0.1) is 49.3 Å². The van der Waals surface area contributed by atoms with Crippen LogP contribution in [0.25, 0.3) is 0 Å². The molecule has 0 aliphatic rings. The van der Waals surface area contributed by atoms with Crippen LogP contribution in [0.15, 0.2) is 73.9 Å². The van der Waals surface area contributed by atoms with E-state index in [0.717, 1.165) is 6.07 Å². The topological polar surface area (TPSA) is 258 Å². The number of nitrogen functional groups attached to an aromatic ring is 2. The van der Waals surface area contributed by atoms with Gasteiger partial charge in [-0.1, -0.05) is 12.1 Å². The van der Waals surface area contributed by atoms with Gasteiger partial charge in [0.1, 0.15) is 33.4 Å². The summed E-state index contributed by atoms with van der Waals surface area (Å²) in [6, 6.07) is 11.6. The summed E-state index contributed by atoms with van der Waals surface area (Å²) in [6.45, 7) is -0.445. The van der Waals surface area contributed by atoms with Crippen LogP contribution >= 0.6 is 0 Å². The molecule has 3 rings (SSSR count). The van der Waals surface area contributed by atoms with E-state index in [1.54, 1.807) is 18.2 Å². The number of rotatable bonds is 13. The number of nitrogens with one attached hydrogen (secondary N) is 1. The van der Waals surface area contributed by atoms with E-state index in [-0.39, 0.29) is 57.8 Å². The number of anilines is 3. The van der Waals surface area contributed by atoms with Gasteiger partial charge in [0, 0.05) is 12.2 Å². The lowest BCUT2D eigenvalue weighted by atomic mass is 10.2. The Morgan fingerprint density at radius 1 is 0.884 bits per heavy atom. The minimum Gasteiger partial charge on any atom is -0.494 e. The summed E-state index contributed by atoms with van der Waals surface area (Å²) in [4.78, 5) is 11.3. The summed E-state index contributed by atoms with van der Waals surface area (Å²) in [6.07, 6.45) is 0. The molecule has 0 radical (unpaired) electrons. The fourth-order valence-corrected chi connectivity index (χ4v) is 5.12. The molecule has 3 aromatic carbocycles. The van der Waals surface area contributed by atoms with Crippen LogP contribution in [0.4, 0.5) is 39.8 Å². The summed E-state index contributed by atoms with van der Waals surface area (Å²) >= 11 is 0. The number of azo groups is 2. The van der Waals surface area contributed by atoms with Crippen molar-refractivity contribution in [1.82, 2.24) is 0 Å². The van der Waals surface area contributed by atoms with Crippen LogP contribution in [0, 0.1) is 0 Å². The second-order valence-corrected chi connectivity index (χ2v) is 12.3. The van der Waals surface area contributed by atoms with Crippen molar-refractivity contribution >= 4 is 65.7 Å². The Hall–Kier alpha value is -4.65. The molecule has 0 atom stereocenters. The predicted molar refractivity (Wildman–Crippen MR) is 158 cm³/mol. The largest absolute Gasteiger partial charge is 0.494 e. The van der Waals surface area contributed by atoms with E-state index in [9.17, 15) is 26.2 Å². The quantitative estimate of drug-likeness (QED) is 0.0782. The maximum Gasteiger partial charge on any atom is 0.340 e. The van der Waals surface area contributed by atoms with Gasteiger partial charge in [-0.15, -0.1) is 20.5 Å². The van der Waals surface area contributed by atoms with E-state index in [0.29, 0.717) is 5.69 Å². The summed E-state index contributed by atoms with van der Waals surface area (Å²) in [5.74, 6) is -1.04. The van der Waals surface area contributed by atoms with Crippen molar-refractivity contribution in [2.75, 3.05) is 55.7 Å². The fraction of sp³-hybridized carbons (Fsp3) is 0.240. The Kier molecular flexibility index (Phi) is 10.7. The standard InChI is InChI=1S/C25H29N7O9S2/c1-40-20-8-7-15(28-9-11-42(35,36)12-10-33)13-18(20)30-32-24-22(26)19(14-21(23(24)27)43(37,38)39)31-29-17-6-4-3-5-16(17)25(34)41-2/h3-8,13-14,28,33H,9-12,26-27H2,1-2H3,(H,37,38,39). The Morgan fingerprint density at radius 3 is 2.21 bits per heavy atom. The van der Waals surface area contributed by atoms with Crippen molar-refractivity contribution in [2.24, 2.45) is 20.5 Å². The van der Waals surface area contributed by atoms with E-state index in [1.165, 1.54) is 38.5 Å². The van der Waals surface area contributed by atoms with E-state index >= 15 is 0 Å². The van der Waals surface area contributed by atoms with Gasteiger partial charge in [0.15, 0.2) is 9.84 Å². The maximum atomic E-state index is 12.1. The number of nitrogens with zero attached hydrogens (tertiary/aromatic N) is 4. The molecule has 0 bridgehead atoms. The summed E-state index contributed by atoms with van der Waals surface area (Å²) in [7, 11) is -5.78. The first-order valence-corrected chi connectivity index (χ1v) is 15.5. The second-order valence-electron chi connectivity index (χ2n) is 8.64. The highest BCUT2D eigenvalue weighted by Crippen LogP contribution is 2.44. The van der Waals surface area contributed by atoms with Crippen LogP contribution in [0.2, 0.25) is 0 Å². The van der Waals surface area contributed by atoms with Gasteiger partial charge in [0.25, 0.3) is 10.1 Å². The molecule has 0 unspecified atom stereocenters. The summed E-state index contributed by atoms with van der Waals surface area (Å²) in [5, 5.41) is 27.8. The number of ether oxygens (including phenoxy) is 2. The van der Waals surface area contributed by atoms with Crippen molar-refractivity contribution in [2.45, 2.75) is 4.90 Å². The minimum atomic E-state index is -4.89. The third-order valence-corrected chi connectivity index (χ3v) is 8.28. The molecule has 230 valence electrons. The minimum absolute atomic E-state index is 0.0367. The van der Waals surface area contributed by atoms with Crippen molar-refractivity contribution in [3.05, 3.63) is 54.1 Å². The monoisotopic (exact) mass is 635 g/mol. The molecule has 0 spiro atoms. The highest BCUT2D eigenvalue weighted by molar-refractivity contribution is 7.91. The SMILES string of the molecule is COC(=O)c1ccccc1N=Nc1cc(S(=O)(=O)O)c(N)c(N=Nc2cc(NCCS(=O)(=O)CCO)ccc2OC)c1N. The van der Waals surface area contributed by atoms with Gasteiger partial charge in [0.2, 0.25) is 0 Å². The number of hydrogen-bond donors (Lipinski definition) is 5. The Labute approximate surface area is 247 Å². The first kappa shape index (κ1) is 32.9. The first-order valence-electron chi connectivity index (χ1n) is 12.2. The van der Waals surface area contributed by atoms with Crippen LogP contribution in [-0.4, -0.2) is 71.3 Å². The number of carbonyl (C=O) groups excluding carboxylic acids is 1. The zero-order valence-electron chi connectivity index (χ0n) is 23.0. The molecule has 16 nitrogen and oxygen atoms in total. The number of aliphatic hydroxyl groups excluding tert-OH is 1. The van der Waals surface area contributed by atoms with Gasteiger partial charge in [-0.25, -0.2) is 13.2 Å². The van der Waals surface area contributed by atoms with Crippen molar-refractivity contribution < 1.29 is 40.8 Å². The Bertz CT molecular complexity index is 1780. The molecule has 0 amide bonds. The van der Waals surface area contributed by atoms with Crippen LogP contribution in [0.3, 0.4) is 0 Å². The zero-order valence-corrected chi connectivity index (χ0v) is 24.6. The number of nitrogens with two attached hydrogens (primary N) is 2. The van der Waals surface area contributed by atoms with Crippen LogP contribution in [0.5, 0.6) is 5.75 Å². The molecule has 0 heterocycles. The van der Waals surface area contributed by atoms with E-state index in [1.807, 2.05) is 0 Å². The van der Waals surface area contributed by atoms with E-state index < -0.39 is 43.1 Å². The van der Waals surface area contributed by atoms with Crippen molar-refractivity contribution in [1.29, 1.82) is 0 Å². The van der Waals surface area contributed by atoms with Gasteiger partial charge in [-0.3, -0.25) is 4.55 Å². The molecule has 0 fully saturated rings. The normalized spacial score (nSPS) is 12.1. The highest BCUT2D eigenvalue weighted by atomic mass is 32.2. The van der Waals surface area contributed by atoms with Crippen LogP contribution in [-0.2, 0) is 24.7 Å². The first-order chi connectivity index (χ1) is 20.3. The molecular weight excluding hydrogens is 606 g/mol. The molecule has 0 saturated carbocycles. The van der Waals surface area contributed by atoms with Crippen molar-refractivity contribution in [3.63, 3.8) is 0 Å². The zero-order chi connectivity index (χ0) is 31.8. The number of sulfone groups is 1. The number of methoxy groups -OCH3 is 2. The molecule has 18 heteroatoms. The van der Waals surface area contributed by atoms with Crippen LogP contribution in [0.1, 0.15) is 10.4 Å². The molecule has 0 aliphatic carbocycles. The third kappa shape index (κ3) is 8.44. The lowest BCUT2D eigenvalue weighted by Crippen LogP contribution is -2.20. The summed E-state index contributed by atoms with van der Waals surface area (Å²) < 4.78 is 67.7. The fourth-order valence-electron chi connectivity index (χ4n) is 3.59. The predicted octanol–water partition coefficient (Wildman–Crippen LogP) is 3.54. The van der Waals surface area contributed by atoms with Gasteiger partial charge in [-0.2, -0.15) is 8.42 Å². The van der Waals surface area contributed by atoms with Gasteiger partial charge in [-0.05, 0) is 36.4 Å². The number of carbonyl (C=O) groups is 1. The Morgan fingerprint density at radius 2 is 1.56 bits per heavy atom. The molecule has 3 aromatic rings. The number of benzene rings is 3. The molecule has 43 heavy (non-hydrogen) atoms. The highest BCUT2D eigenvalue weighted by Gasteiger charge is 2.23.